The zero-order valence-corrected chi connectivity index (χ0v) is 31.4. The maximum Gasteiger partial charge on any atom is 0.166 e. The molecule has 0 radical (unpaired) electrons. The molecule has 0 spiro atoms. The number of benzene rings is 8. The summed E-state index contributed by atoms with van der Waals surface area (Å²) in [7, 11) is 0. The van der Waals surface area contributed by atoms with Gasteiger partial charge >= 0.3 is 0 Å². The van der Waals surface area contributed by atoms with Crippen molar-refractivity contribution >= 4 is 95.5 Å². The molecule has 0 amide bonds. The molecular formula is C50H28N4S2. The molecule has 0 aliphatic carbocycles. The van der Waals surface area contributed by atoms with Gasteiger partial charge in [0, 0.05) is 78.8 Å². The minimum atomic E-state index is 0.591. The molecular weight excluding hydrogens is 721 g/mol. The highest BCUT2D eigenvalue weighted by atomic mass is 32.1. The number of para-hydroxylation sites is 1. The highest BCUT2D eigenvalue weighted by molar-refractivity contribution is 7.26. The molecule has 56 heavy (non-hydrogen) atoms. The second-order valence-electron chi connectivity index (χ2n) is 14.1. The van der Waals surface area contributed by atoms with E-state index in [1.807, 2.05) is 11.3 Å². The third kappa shape index (κ3) is 4.83. The molecule has 6 heteroatoms. The van der Waals surface area contributed by atoms with E-state index in [0.717, 1.165) is 55.0 Å². The Morgan fingerprint density at radius 1 is 0.321 bits per heavy atom. The van der Waals surface area contributed by atoms with E-state index >= 15 is 0 Å². The zero-order chi connectivity index (χ0) is 36.7. The molecule has 4 heterocycles. The molecule has 0 saturated carbocycles. The van der Waals surface area contributed by atoms with Crippen LogP contribution < -0.4 is 0 Å². The molecule has 0 saturated heterocycles. The molecule has 0 N–H and O–H groups in total. The lowest BCUT2D eigenvalue weighted by Gasteiger charge is -2.15. The predicted octanol–water partition coefficient (Wildman–Crippen LogP) is 14.1. The van der Waals surface area contributed by atoms with Gasteiger partial charge in [-0.05, 0) is 47.2 Å². The van der Waals surface area contributed by atoms with Crippen LogP contribution in [0, 0.1) is 0 Å². The number of fused-ring (bicyclic) bond motifs is 11. The van der Waals surface area contributed by atoms with E-state index in [1.54, 1.807) is 11.3 Å². The average Bonchev–Trinajstić information content (AvgIpc) is 3.84. The van der Waals surface area contributed by atoms with Crippen LogP contribution in [0.5, 0.6) is 0 Å². The van der Waals surface area contributed by atoms with Crippen LogP contribution in [0.3, 0.4) is 0 Å². The van der Waals surface area contributed by atoms with Crippen LogP contribution in [-0.2, 0) is 0 Å². The zero-order valence-electron chi connectivity index (χ0n) is 29.8. The van der Waals surface area contributed by atoms with E-state index in [1.165, 1.54) is 45.7 Å². The topological polar surface area (TPSA) is 51.6 Å². The maximum absolute atomic E-state index is 5.55. The number of hydrogen-bond donors (Lipinski definition) is 0. The predicted molar refractivity (Wildman–Crippen MR) is 238 cm³/mol. The molecule has 0 aliphatic rings. The standard InChI is InChI=1S/C50H28N4S2/c1-2-13-30(14-3-1)46-36-26-27-42-45(34-17-7-9-22-40(34)56-42)44(36)35-18-10-20-38(47(35)51-46)50-53-48(32-25-24-29-12-4-5-15-31(29)28-32)52-49(54-50)37-19-11-23-41-43(37)33-16-6-8-21-39(33)55-41/h1-28H. The molecule has 0 atom stereocenters. The molecule has 0 unspecified atom stereocenters. The number of aromatic nitrogens is 4. The maximum atomic E-state index is 5.55. The Labute approximate surface area is 329 Å². The van der Waals surface area contributed by atoms with Crippen LogP contribution in [-0.4, -0.2) is 19.9 Å². The SMILES string of the molecule is c1ccc(-c2nc3c(-c4nc(-c5ccc6ccccc6c5)nc(-c5cccc6sc7ccccc7c56)n4)cccc3c3c2ccc2sc4ccccc4c23)cc1. The summed E-state index contributed by atoms with van der Waals surface area (Å²) in [5.74, 6) is 1.85. The van der Waals surface area contributed by atoms with Crippen molar-refractivity contribution in [2.75, 3.05) is 0 Å². The van der Waals surface area contributed by atoms with Crippen molar-refractivity contribution in [3.63, 3.8) is 0 Å². The van der Waals surface area contributed by atoms with E-state index < -0.39 is 0 Å². The van der Waals surface area contributed by atoms with Crippen molar-refractivity contribution in [2.45, 2.75) is 0 Å². The van der Waals surface area contributed by atoms with Crippen LogP contribution in [0.1, 0.15) is 0 Å². The Morgan fingerprint density at radius 2 is 0.929 bits per heavy atom. The minimum absolute atomic E-state index is 0.591. The quantitative estimate of drug-likeness (QED) is 0.168. The van der Waals surface area contributed by atoms with Crippen molar-refractivity contribution in [3.8, 4) is 45.4 Å². The Morgan fingerprint density at radius 3 is 1.75 bits per heavy atom. The van der Waals surface area contributed by atoms with E-state index in [0.29, 0.717) is 17.5 Å². The summed E-state index contributed by atoms with van der Waals surface area (Å²) in [6.07, 6.45) is 0. The summed E-state index contributed by atoms with van der Waals surface area (Å²) in [6.45, 7) is 0. The van der Waals surface area contributed by atoms with E-state index in [2.05, 4.69) is 170 Å². The van der Waals surface area contributed by atoms with Gasteiger partial charge in [0.2, 0.25) is 0 Å². The number of nitrogens with zero attached hydrogens (tertiary/aromatic N) is 4. The van der Waals surface area contributed by atoms with Gasteiger partial charge in [-0.3, -0.25) is 0 Å². The second kappa shape index (κ2) is 12.3. The smallest absolute Gasteiger partial charge is 0.166 e. The summed E-state index contributed by atoms with van der Waals surface area (Å²) >= 11 is 3.63. The molecule has 12 aromatic rings. The van der Waals surface area contributed by atoms with E-state index in [-0.39, 0.29) is 0 Å². The normalized spacial score (nSPS) is 11.9. The first-order valence-electron chi connectivity index (χ1n) is 18.6. The summed E-state index contributed by atoms with van der Waals surface area (Å²) in [4.78, 5) is 21.5. The van der Waals surface area contributed by atoms with Gasteiger partial charge in [0.1, 0.15) is 0 Å². The molecule has 0 bridgehead atoms. The van der Waals surface area contributed by atoms with Gasteiger partial charge in [0.05, 0.1) is 11.2 Å². The largest absolute Gasteiger partial charge is 0.246 e. The van der Waals surface area contributed by atoms with Crippen molar-refractivity contribution in [1.82, 2.24) is 19.9 Å². The summed E-state index contributed by atoms with van der Waals surface area (Å²) in [6, 6.07) is 60.1. The Hall–Kier alpha value is -6.86. The average molecular weight is 749 g/mol. The first kappa shape index (κ1) is 31.5. The summed E-state index contributed by atoms with van der Waals surface area (Å²) in [5.41, 5.74) is 5.66. The lowest BCUT2D eigenvalue weighted by molar-refractivity contribution is 1.08. The number of rotatable bonds is 4. The van der Waals surface area contributed by atoms with Crippen molar-refractivity contribution in [3.05, 3.63) is 170 Å². The monoisotopic (exact) mass is 748 g/mol. The highest BCUT2D eigenvalue weighted by Crippen LogP contribution is 2.45. The van der Waals surface area contributed by atoms with Gasteiger partial charge < -0.3 is 0 Å². The third-order valence-electron chi connectivity index (χ3n) is 10.9. The third-order valence-corrected chi connectivity index (χ3v) is 13.2. The fourth-order valence-electron chi connectivity index (χ4n) is 8.36. The van der Waals surface area contributed by atoms with Crippen LogP contribution in [0.4, 0.5) is 0 Å². The fraction of sp³-hybridized carbons (Fsp3) is 0. The van der Waals surface area contributed by atoms with Crippen molar-refractivity contribution < 1.29 is 0 Å². The van der Waals surface area contributed by atoms with Gasteiger partial charge in [-0.15, -0.1) is 22.7 Å². The van der Waals surface area contributed by atoms with Gasteiger partial charge in [-0.1, -0.05) is 133 Å². The van der Waals surface area contributed by atoms with Crippen molar-refractivity contribution in [1.29, 1.82) is 0 Å². The van der Waals surface area contributed by atoms with E-state index in [9.17, 15) is 0 Å². The molecule has 8 aromatic carbocycles. The number of pyridine rings is 1. The molecule has 4 nitrogen and oxygen atoms in total. The van der Waals surface area contributed by atoms with Crippen LogP contribution in [0.2, 0.25) is 0 Å². The van der Waals surface area contributed by atoms with Crippen LogP contribution in [0.15, 0.2) is 170 Å². The minimum Gasteiger partial charge on any atom is -0.246 e. The molecule has 12 rings (SSSR count). The summed E-state index contributed by atoms with van der Waals surface area (Å²) in [5, 5.41) is 10.6. The van der Waals surface area contributed by atoms with Crippen molar-refractivity contribution in [2.24, 2.45) is 0 Å². The molecule has 0 aliphatic heterocycles. The van der Waals surface area contributed by atoms with Crippen LogP contribution >= 0.6 is 22.7 Å². The van der Waals surface area contributed by atoms with Crippen LogP contribution in [0.25, 0.3) is 118 Å². The number of thiophene rings is 2. The molecule has 4 aromatic heterocycles. The fourth-order valence-corrected chi connectivity index (χ4v) is 10.6. The van der Waals surface area contributed by atoms with Gasteiger partial charge in [0.25, 0.3) is 0 Å². The first-order chi connectivity index (χ1) is 27.7. The lowest BCUT2D eigenvalue weighted by atomic mass is 9.95. The highest BCUT2D eigenvalue weighted by Gasteiger charge is 2.22. The lowest BCUT2D eigenvalue weighted by Crippen LogP contribution is -2.02. The Bertz CT molecular complexity index is 3550. The Kier molecular flexibility index (Phi) is 6.93. The van der Waals surface area contributed by atoms with Gasteiger partial charge in [-0.25, -0.2) is 19.9 Å². The molecule has 0 fully saturated rings. The first-order valence-corrected chi connectivity index (χ1v) is 20.3. The second-order valence-corrected chi connectivity index (χ2v) is 16.3. The summed E-state index contributed by atoms with van der Waals surface area (Å²) < 4.78 is 4.97. The Balaban J connectivity index is 1.20. The molecule has 260 valence electrons. The van der Waals surface area contributed by atoms with E-state index in [4.69, 9.17) is 19.9 Å². The van der Waals surface area contributed by atoms with Gasteiger partial charge in [-0.2, -0.15) is 0 Å². The number of hydrogen-bond acceptors (Lipinski definition) is 6. The van der Waals surface area contributed by atoms with Gasteiger partial charge in [0.15, 0.2) is 17.5 Å².